The van der Waals surface area contributed by atoms with Gasteiger partial charge in [0.1, 0.15) is 5.60 Å². The van der Waals surface area contributed by atoms with Crippen molar-refractivity contribution < 1.29 is 9.78 Å². The molecule has 2 heteroatoms. The van der Waals surface area contributed by atoms with Crippen molar-refractivity contribution in [2.24, 2.45) is 5.92 Å². The predicted molar refractivity (Wildman–Crippen MR) is 65.7 cm³/mol. The summed E-state index contributed by atoms with van der Waals surface area (Å²) in [6.45, 7) is 7.86. The number of hydrogen-bond acceptors (Lipinski definition) is 2. The quantitative estimate of drug-likeness (QED) is 0.412. The molecule has 0 unspecified atom stereocenters. The normalized spacial score (nSPS) is 19.4. The van der Waals surface area contributed by atoms with E-state index in [0.29, 0.717) is 5.92 Å². The minimum atomic E-state index is -0.647. The lowest BCUT2D eigenvalue weighted by molar-refractivity contribution is -0.398. The van der Waals surface area contributed by atoms with Gasteiger partial charge in [0.2, 0.25) is 0 Å². The van der Waals surface area contributed by atoms with Crippen LogP contribution in [0.4, 0.5) is 0 Å². The van der Waals surface area contributed by atoms with E-state index < -0.39 is 5.60 Å². The van der Waals surface area contributed by atoms with Gasteiger partial charge in [-0.15, -0.1) is 6.42 Å². The molecule has 0 aromatic heterocycles. The summed E-state index contributed by atoms with van der Waals surface area (Å²) in [6, 6.07) is 0. The van der Waals surface area contributed by atoms with E-state index in [1.54, 1.807) is 0 Å². The molecule has 16 heavy (non-hydrogen) atoms. The summed E-state index contributed by atoms with van der Waals surface area (Å²) >= 11 is 0. The summed E-state index contributed by atoms with van der Waals surface area (Å²) in [5, 5.41) is 0. The van der Waals surface area contributed by atoms with Crippen molar-refractivity contribution in [1.82, 2.24) is 0 Å². The minimum absolute atomic E-state index is 0.242. The van der Waals surface area contributed by atoms with Crippen LogP contribution in [0, 0.1) is 18.3 Å². The van der Waals surface area contributed by atoms with Gasteiger partial charge in [-0.25, -0.2) is 9.78 Å². The molecule has 1 rings (SSSR count). The van der Waals surface area contributed by atoms with E-state index in [0.717, 1.165) is 0 Å². The SMILES string of the molecule is C#CC(C)(C)OOC(C)(C)C1CCCCC1. The van der Waals surface area contributed by atoms with Crippen LogP contribution in [0.5, 0.6) is 0 Å². The van der Waals surface area contributed by atoms with Gasteiger partial charge in [-0.1, -0.05) is 25.2 Å². The van der Waals surface area contributed by atoms with Crippen molar-refractivity contribution in [1.29, 1.82) is 0 Å². The standard InChI is InChI=1S/C14H24O2/c1-6-13(2,3)15-16-14(4,5)12-10-8-7-9-11-12/h1,12H,7-11H2,2-5H3. The van der Waals surface area contributed by atoms with E-state index in [1.807, 2.05) is 13.8 Å². The van der Waals surface area contributed by atoms with Gasteiger partial charge >= 0.3 is 0 Å². The molecule has 92 valence electrons. The lowest BCUT2D eigenvalue weighted by atomic mass is 9.79. The van der Waals surface area contributed by atoms with E-state index in [4.69, 9.17) is 16.2 Å². The fourth-order valence-electron chi connectivity index (χ4n) is 2.10. The van der Waals surface area contributed by atoms with Gasteiger partial charge in [0.05, 0.1) is 0 Å². The molecule has 0 saturated heterocycles. The molecular formula is C14H24O2. The molecule has 0 atom stereocenters. The van der Waals surface area contributed by atoms with E-state index in [-0.39, 0.29) is 5.60 Å². The summed E-state index contributed by atoms with van der Waals surface area (Å²) in [5.41, 5.74) is -0.888. The molecular weight excluding hydrogens is 200 g/mol. The Kier molecular flexibility index (Phi) is 4.41. The first-order valence-electron chi connectivity index (χ1n) is 6.22. The first-order valence-corrected chi connectivity index (χ1v) is 6.22. The molecule has 1 aliphatic carbocycles. The molecule has 0 bridgehead atoms. The molecule has 0 aromatic rings. The molecule has 0 N–H and O–H groups in total. The summed E-state index contributed by atoms with van der Waals surface area (Å²) < 4.78 is 0. The van der Waals surface area contributed by atoms with Crippen molar-refractivity contribution in [3.8, 4) is 12.3 Å². The fraction of sp³-hybridized carbons (Fsp3) is 0.857. The lowest BCUT2D eigenvalue weighted by Crippen LogP contribution is -2.38. The van der Waals surface area contributed by atoms with E-state index in [1.165, 1.54) is 32.1 Å². The topological polar surface area (TPSA) is 18.5 Å². The second kappa shape index (κ2) is 5.21. The van der Waals surface area contributed by atoms with Gasteiger partial charge in [0, 0.05) is 0 Å². The Labute approximate surface area is 99.6 Å². The van der Waals surface area contributed by atoms with Gasteiger partial charge in [-0.05, 0) is 46.5 Å². The number of rotatable bonds is 4. The van der Waals surface area contributed by atoms with Gasteiger partial charge in [-0.2, -0.15) is 0 Å². The average molecular weight is 224 g/mol. The lowest BCUT2D eigenvalue weighted by Gasteiger charge is -2.37. The third-order valence-corrected chi connectivity index (χ3v) is 3.40. The smallest absolute Gasteiger partial charge is 0.157 e. The summed E-state index contributed by atoms with van der Waals surface area (Å²) in [5.74, 6) is 3.15. The van der Waals surface area contributed by atoms with Crippen LogP contribution in [-0.2, 0) is 9.78 Å². The van der Waals surface area contributed by atoms with Gasteiger partial charge < -0.3 is 0 Å². The predicted octanol–water partition coefficient (Wildman–Crippen LogP) is 3.71. The van der Waals surface area contributed by atoms with E-state index >= 15 is 0 Å². The first-order chi connectivity index (χ1) is 7.37. The van der Waals surface area contributed by atoms with Crippen molar-refractivity contribution >= 4 is 0 Å². The van der Waals surface area contributed by atoms with Crippen LogP contribution < -0.4 is 0 Å². The minimum Gasteiger partial charge on any atom is -0.229 e. The molecule has 1 fully saturated rings. The van der Waals surface area contributed by atoms with Crippen LogP contribution in [0.1, 0.15) is 59.8 Å². The monoisotopic (exact) mass is 224 g/mol. The van der Waals surface area contributed by atoms with Crippen LogP contribution in [0.3, 0.4) is 0 Å². The Morgan fingerprint density at radius 1 is 1.00 bits per heavy atom. The highest BCUT2D eigenvalue weighted by Crippen LogP contribution is 2.35. The third kappa shape index (κ3) is 3.81. The largest absolute Gasteiger partial charge is 0.229 e. The van der Waals surface area contributed by atoms with Crippen LogP contribution in [0.25, 0.3) is 0 Å². The van der Waals surface area contributed by atoms with Crippen LogP contribution >= 0.6 is 0 Å². The Morgan fingerprint density at radius 3 is 2.06 bits per heavy atom. The molecule has 0 heterocycles. The maximum atomic E-state index is 5.58. The van der Waals surface area contributed by atoms with Gasteiger partial charge in [-0.3, -0.25) is 0 Å². The van der Waals surface area contributed by atoms with Crippen molar-refractivity contribution in [3.63, 3.8) is 0 Å². The van der Waals surface area contributed by atoms with Gasteiger partial charge in [0.25, 0.3) is 0 Å². The highest BCUT2D eigenvalue weighted by Gasteiger charge is 2.34. The Hall–Kier alpha value is -0.520. The molecule has 0 spiro atoms. The van der Waals surface area contributed by atoms with E-state index in [9.17, 15) is 0 Å². The zero-order valence-corrected chi connectivity index (χ0v) is 11.0. The molecule has 0 aromatic carbocycles. The Bertz CT molecular complexity index is 254. The summed E-state index contributed by atoms with van der Waals surface area (Å²) in [4.78, 5) is 10.9. The second-order valence-electron chi connectivity index (χ2n) is 5.76. The molecule has 2 nitrogen and oxygen atoms in total. The molecule has 0 amide bonds. The van der Waals surface area contributed by atoms with Gasteiger partial charge in [0.15, 0.2) is 5.60 Å². The Morgan fingerprint density at radius 2 is 1.56 bits per heavy atom. The van der Waals surface area contributed by atoms with Crippen LogP contribution in [-0.4, -0.2) is 11.2 Å². The highest BCUT2D eigenvalue weighted by molar-refractivity contribution is 5.02. The molecule has 0 radical (unpaired) electrons. The number of terminal acetylenes is 1. The highest BCUT2D eigenvalue weighted by atomic mass is 17.2. The summed E-state index contributed by atoms with van der Waals surface area (Å²) in [7, 11) is 0. The van der Waals surface area contributed by atoms with Crippen molar-refractivity contribution in [2.75, 3.05) is 0 Å². The average Bonchev–Trinajstić information content (AvgIpc) is 2.28. The molecule has 1 aliphatic rings. The zero-order valence-electron chi connectivity index (χ0n) is 11.0. The van der Waals surface area contributed by atoms with Crippen molar-refractivity contribution in [2.45, 2.75) is 71.0 Å². The van der Waals surface area contributed by atoms with Crippen LogP contribution in [0.2, 0.25) is 0 Å². The maximum Gasteiger partial charge on any atom is 0.157 e. The number of hydrogen-bond donors (Lipinski definition) is 0. The maximum absolute atomic E-state index is 5.58. The van der Waals surface area contributed by atoms with Crippen molar-refractivity contribution in [3.05, 3.63) is 0 Å². The van der Waals surface area contributed by atoms with Crippen LogP contribution in [0.15, 0.2) is 0 Å². The molecule has 0 aliphatic heterocycles. The summed E-state index contributed by atoms with van der Waals surface area (Å²) in [6.07, 6.45) is 11.8. The van der Waals surface area contributed by atoms with E-state index in [2.05, 4.69) is 19.8 Å². The molecule has 1 saturated carbocycles. The fourth-order valence-corrected chi connectivity index (χ4v) is 2.10. The first kappa shape index (κ1) is 13.5. The zero-order chi connectivity index (χ0) is 12.2. The third-order valence-electron chi connectivity index (χ3n) is 3.40. The Balaban J connectivity index is 2.47. The second-order valence-corrected chi connectivity index (χ2v) is 5.76.